The number of nitrogens with zero attached hydrogens (tertiary/aromatic N) is 8. The summed E-state index contributed by atoms with van der Waals surface area (Å²) in [5.41, 5.74) is -1.58. The van der Waals surface area contributed by atoms with E-state index in [1.165, 1.54) is 69.4 Å². The Morgan fingerprint density at radius 2 is 1.25 bits per heavy atom. The van der Waals surface area contributed by atoms with Crippen LogP contribution in [0.15, 0.2) is 0 Å². The number of ether oxygens (including phenoxy) is 1. The molecule has 0 aromatic heterocycles. The Morgan fingerprint density at radius 1 is 0.624 bits per heavy atom. The van der Waals surface area contributed by atoms with Gasteiger partial charge in [-0.1, -0.05) is 92.4 Å². The lowest BCUT2D eigenvalue weighted by Gasteiger charge is -2.46. The van der Waals surface area contributed by atoms with Gasteiger partial charge in [-0.25, -0.2) is 8.78 Å². The largest absolute Gasteiger partial charge is 0.397 e. The van der Waals surface area contributed by atoms with Crippen molar-refractivity contribution in [1.29, 1.82) is 0 Å². The van der Waals surface area contributed by atoms with Gasteiger partial charge < -0.3 is 59.9 Å². The van der Waals surface area contributed by atoms with Crippen LogP contribution in [0.3, 0.4) is 0 Å². The number of rotatable bonds is 13. The molecule has 2 unspecified atom stereocenters. The molecule has 0 radical (unpaired) electrons. The molecule has 3 heterocycles. The number of halogens is 5. The first-order chi connectivity index (χ1) is 47.5. The van der Waals surface area contributed by atoms with Gasteiger partial charge in [0.1, 0.15) is 72.1 Å². The number of carbonyl (C=O) groups excluding carboxylic acids is 11. The van der Waals surface area contributed by atoms with Crippen molar-refractivity contribution < 1.29 is 79.4 Å². The van der Waals surface area contributed by atoms with E-state index in [-0.39, 0.29) is 102 Å². The average molecular weight is 1440 g/mol. The molecule has 4 aliphatic carbocycles. The van der Waals surface area contributed by atoms with Gasteiger partial charge in [0.25, 0.3) is 0 Å². The third-order valence-electron chi connectivity index (χ3n) is 23.8. The number of alkyl halides is 5. The zero-order valence-corrected chi connectivity index (χ0v) is 62.4. The highest BCUT2D eigenvalue weighted by Crippen LogP contribution is 2.45. The predicted octanol–water partition coefficient (Wildman–Crippen LogP) is 6.96. The summed E-state index contributed by atoms with van der Waals surface area (Å²) in [5, 5.41) is 8.74. The highest BCUT2D eigenvalue weighted by molar-refractivity contribution is 6.00. The molecule has 572 valence electrons. The van der Waals surface area contributed by atoms with Gasteiger partial charge in [-0.3, -0.25) is 52.7 Å². The molecule has 1 spiro atoms. The van der Waals surface area contributed by atoms with Crippen LogP contribution in [-0.4, -0.2) is 257 Å². The summed E-state index contributed by atoms with van der Waals surface area (Å²) in [6.45, 7) is 15.7. The smallest absolute Gasteiger partial charge is 0.377 e. The Morgan fingerprint density at radius 3 is 1.80 bits per heavy atom. The molecule has 101 heavy (non-hydrogen) atoms. The first-order valence-corrected chi connectivity index (χ1v) is 37.6. The number of likely N-dealkylation sites (N-methyl/N-ethyl adjacent to an activating group) is 6. The molecule has 13 atom stereocenters. The van der Waals surface area contributed by atoms with Crippen LogP contribution in [0.2, 0.25) is 0 Å². The molecule has 0 aromatic rings. The molecular formula is C73H118F5N11O12. The highest BCUT2D eigenvalue weighted by atomic mass is 19.4. The maximum atomic E-state index is 15.6. The van der Waals surface area contributed by atoms with Crippen molar-refractivity contribution >= 4 is 65.0 Å². The summed E-state index contributed by atoms with van der Waals surface area (Å²) in [6, 6.07) is -10.3. The molecule has 28 heteroatoms. The second-order valence-electron chi connectivity index (χ2n) is 31.3. The highest BCUT2D eigenvalue weighted by Gasteiger charge is 2.56. The van der Waals surface area contributed by atoms with E-state index in [0.29, 0.717) is 38.0 Å². The maximum Gasteiger partial charge on any atom is 0.397 e. The first kappa shape index (κ1) is 82.1. The average Bonchev–Trinajstić information content (AvgIpc) is 1.60. The van der Waals surface area contributed by atoms with Crippen LogP contribution in [0, 0.1) is 41.4 Å². The SMILES string of the molecule is CCO[C@@H]1C[C@H]2C(=O)NC3(CCCC3)C(=O)N(C)[C@@H](C3CCCC3)C(=O)N(C)[C@H](C)CC(=O)N(C)[C@@H](CC(C)C)C(=O)N[C@@H]([C@@H](C)CC)C(=O)N(C)[C@@H](C)C(=O)N3CC[C@H]3C(=O)N(CC)[C@@H](CC3CCC(C)CC3)C(=O)N(C)CC(=O)N[C@@H](CCC3CC(F)C(C(F)(F)F)C(F)C3)C(=O)N2C1. The molecule has 3 saturated heterocycles. The Kier molecular flexibility index (Phi) is 28.9. The molecule has 4 saturated carbocycles. The fourth-order valence-electron chi connectivity index (χ4n) is 16.9. The van der Waals surface area contributed by atoms with Crippen molar-refractivity contribution in [3.8, 4) is 0 Å². The molecule has 3 aliphatic heterocycles. The minimum Gasteiger partial charge on any atom is -0.377 e. The molecule has 7 fully saturated rings. The van der Waals surface area contributed by atoms with Crippen LogP contribution in [0.1, 0.15) is 204 Å². The van der Waals surface area contributed by atoms with Gasteiger partial charge in [-0.2, -0.15) is 13.2 Å². The fourth-order valence-corrected chi connectivity index (χ4v) is 16.9. The van der Waals surface area contributed by atoms with Crippen LogP contribution < -0.4 is 16.0 Å². The lowest BCUT2D eigenvalue weighted by molar-refractivity contribution is -0.219. The zero-order chi connectivity index (χ0) is 74.9. The lowest BCUT2D eigenvalue weighted by atomic mass is 9.76. The third-order valence-corrected chi connectivity index (χ3v) is 23.8. The molecule has 7 aliphatic rings. The second-order valence-corrected chi connectivity index (χ2v) is 31.3. The van der Waals surface area contributed by atoms with Gasteiger partial charge in [0.2, 0.25) is 65.0 Å². The zero-order valence-electron chi connectivity index (χ0n) is 62.4. The molecular weight excluding hydrogens is 1320 g/mol. The number of hydrogen-bond donors (Lipinski definition) is 3. The Balaban J connectivity index is 1.29. The molecule has 0 bridgehead atoms. The van der Waals surface area contributed by atoms with E-state index >= 15 is 37.5 Å². The Hall–Kier alpha value is -6.22. The van der Waals surface area contributed by atoms with E-state index in [1.54, 1.807) is 34.7 Å². The minimum absolute atomic E-state index is 0.0106. The van der Waals surface area contributed by atoms with Crippen LogP contribution >= 0.6 is 0 Å². The summed E-state index contributed by atoms with van der Waals surface area (Å²) in [5.74, 6) is -11.2. The third kappa shape index (κ3) is 19.4. The van der Waals surface area contributed by atoms with Crippen molar-refractivity contribution in [2.45, 2.75) is 288 Å². The van der Waals surface area contributed by atoms with Crippen LogP contribution in [0.4, 0.5) is 22.0 Å². The molecule has 7 rings (SSSR count). The molecule has 3 N–H and O–H groups in total. The quantitative estimate of drug-likeness (QED) is 0.158. The van der Waals surface area contributed by atoms with Gasteiger partial charge in [0, 0.05) is 80.4 Å². The molecule has 23 nitrogen and oxygen atoms in total. The van der Waals surface area contributed by atoms with Crippen molar-refractivity contribution in [2.24, 2.45) is 41.4 Å². The Bertz CT molecular complexity index is 2910. The van der Waals surface area contributed by atoms with Crippen molar-refractivity contribution in [3.05, 3.63) is 0 Å². The summed E-state index contributed by atoms with van der Waals surface area (Å²) in [6.07, 6.45) is -4.95. The van der Waals surface area contributed by atoms with E-state index in [0.717, 1.165) is 43.4 Å². The van der Waals surface area contributed by atoms with Gasteiger partial charge in [-0.05, 0) is 134 Å². The van der Waals surface area contributed by atoms with Gasteiger partial charge in [-0.15, -0.1) is 0 Å². The van der Waals surface area contributed by atoms with E-state index in [2.05, 4.69) is 22.9 Å². The van der Waals surface area contributed by atoms with Crippen molar-refractivity contribution in [3.63, 3.8) is 0 Å². The number of carbonyl (C=O) groups is 11. The lowest BCUT2D eigenvalue weighted by Crippen LogP contribution is -2.65. The van der Waals surface area contributed by atoms with E-state index in [1.807, 2.05) is 20.8 Å². The molecule has 0 aromatic carbocycles. The predicted molar refractivity (Wildman–Crippen MR) is 368 cm³/mol. The van der Waals surface area contributed by atoms with Crippen molar-refractivity contribution in [2.75, 3.05) is 68.0 Å². The minimum atomic E-state index is -5.16. The van der Waals surface area contributed by atoms with Gasteiger partial charge >= 0.3 is 6.18 Å². The molecule has 11 amide bonds. The summed E-state index contributed by atoms with van der Waals surface area (Å²) in [7, 11) is 7.41. The summed E-state index contributed by atoms with van der Waals surface area (Å²) < 4.78 is 78.7. The first-order valence-electron chi connectivity index (χ1n) is 37.6. The van der Waals surface area contributed by atoms with Crippen molar-refractivity contribution in [1.82, 2.24) is 55.1 Å². The van der Waals surface area contributed by atoms with Crippen LogP contribution in [0.5, 0.6) is 0 Å². The summed E-state index contributed by atoms with van der Waals surface area (Å²) >= 11 is 0. The van der Waals surface area contributed by atoms with E-state index in [9.17, 15) is 37.1 Å². The second kappa shape index (κ2) is 35.5. The van der Waals surface area contributed by atoms with Gasteiger partial charge in [0.05, 0.1) is 12.6 Å². The summed E-state index contributed by atoms with van der Waals surface area (Å²) in [4.78, 5) is 176. The monoisotopic (exact) mass is 1440 g/mol. The van der Waals surface area contributed by atoms with Crippen LogP contribution in [0.25, 0.3) is 0 Å². The topological polar surface area (TPSA) is 259 Å². The fraction of sp³-hybridized carbons (Fsp3) is 0.849. The van der Waals surface area contributed by atoms with E-state index in [4.69, 9.17) is 4.74 Å². The number of fused-ring (bicyclic) bond motifs is 2. The van der Waals surface area contributed by atoms with E-state index < -0.39 is 187 Å². The standard InChI is InChI=1S/C73H118F5N11O12/c1-15-44(7)61-69(98)84(12)46(9)65(94)88-33-30-54(88)68(97)87(16-2)57(38-47-26-24-43(6)25-27-47)67(96)82(10)41-58(90)79-53(29-28-48-36-51(74)60(52(75)37-48)73(76,77)78)66(95)89-40-50(101-17-3)39-56(89)64(93)81-72(31-20-21-32-72)71(100)86(14)62(49-22-18-19-23-49)70(99)83(11)45(8)35-59(91)85(13)55(34-42(4)5)63(92)80-61/h42-57,60-62H,15-41H2,1-14H3,(H,79,90)(H,80,92)(H,81,93)/t43?,44-,45+,46-,47?,48?,50+,51?,52?,53-,54-,55-,56-,57-,60?,61-,62-/m0/s1. The Labute approximate surface area is 594 Å². The van der Waals surface area contributed by atoms with Crippen LogP contribution in [-0.2, 0) is 57.5 Å². The normalized spacial score (nSPS) is 33.6. The maximum absolute atomic E-state index is 15.6. The number of amides is 11. The van der Waals surface area contributed by atoms with Gasteiger partial charge in [0.15, 0.2) is 0 Å². The number of nitrogens with one attached hydrogen (secondary N) is 3. The number of hydrogen-bond acceptors (Lipinski definition) is 12.